The van der Waals surface area contributed by atoms with Crippen LogP contribution in [0.25, 0.3) is 0 Å². The molecule has 0 bridgehead atoms. The summed E-state index contributed by atoms with van der Waals surface area (Å²) in [6, 6.07) is 0.535. The van der Waals surface area contributed by atoms with Gasteiger partial charge in [-0.05, 0) is 18.8 Å². The second kappa shape index (κ2) is 3.41. The van der Waals surface area contributed by atoms with Gasteiger partial charge in [0.1, 0.15) is 0 Å². The molecule has 66 valence electrons. The lowest BCUT2D eigenvalue weighted by atomic mass is 9.81. The molecule has 0 atom stereocenters. The molecule has 1 aromatic rings. The Morgan fingerprint density at radius 3 is 3.08 bits per heavy atom. The molecule has 1 aromatic heterocycles. The Labute approximate surface area is 75.5 Å². The van der Waals surface area contributed by atoms with Gasteiger partial charge in [-0.1, -0.05) is 0 Å². The number of thiazole rings is 1. The molecule has 3 nitrogen and oxygen atoms in total. The summed E-state index contributed by atoms with van der Waals surface area (Å²) >= 11 is 1.62. The Kier molecular flexibility index (Phi) is 2.28. The molecule has 0 saturated heterocycles. The van der Waals surface area contributed by atoms with E-state index in [9.17, 15) is 0 Å². The topological polar surface area (TPSA) is 45.1 Å². The van der Waals surface area contributed by atoms with E-state index in [4.69, 9.17) is 5.11 Å². The monoisotopic (exact) mass is 184 g/mol. The third kappa shape index (κ3) is 1.59. The SMILES string of the molecule is OCC1CC(Nc2nccs2)C1. The number of aliphatic hydroxyl groups is 1. The summed E-state index contributed by atoms with van der Waals surface area (Å²) in [7, 11) is 0. The van der Waals surface area contributed by atoms with Crippen molar-refractivity contribution in [3.8, 4) is 0 Å². The van der Waals surface area contributed by atoms with Crippen molar-refractivity contribution < 1.29 is 5.11 Å². The molecule has 1 fully saturated rings. The summed E-state index contributed by atoms with van der Waals surface area (Å²) in [4.78, 5) is 4.13. The van der Waals surface area contributed by atoms with E-state index in [0.29, 0.717) is 18.6 Å². The number of anilines is 1. The summed E-state index contributed by atoms with van der Waals surface area (Å²) in [5.74, 6) is 0.516. The van der Waals surface area contributed by atoms with Gasteiger partial charge in [-0.15, -0.1) is 11.3 Å². The third-order valence-electron chi connectivity index (χ3n) is 2.25. The molecule has 0 unspecified atom stereocenters. The van der Waals surface area contributed by atoms with Crippen molar-refractivity contribution in [1.82, 2.24) is 4.98 Å². The highest BCUT2D eigenvalue weighted by molar-refractivity contribution is 7.13. The van der Waals surface area contributed by atoms with Gasteiger partial charge in [0.25, 0.3) is 0 Å². The number of hydrogen-bond acceptors (Lipinski definition) is 4. The van der Waals surface area contributed by atoms with E-state index in [2.05, 4.69) is 10.3 Å². The number of rotatable bonds is 3. The van der Waals surface area contributed by atoms with Crippen LogP contribution in [0.2, 0.25) is 0 Å². The van der Waals surface area contributed by atoms with Crippen molar-refractivity contribution in [2.24, 2.45) is 5.92 Å². The van der Waals surface area contributed by atoms with E-state index in [1.165, 1.54) is 0 Å². The van der Waals surface area contributed by atoms with Crippen LogP contribution in [0.1, 0.15) is 12.8 Å². The Morgan fingerprint density at radius 1 is 1.67 bits per heavy atom. The van der Waals surface area contributed by atoms with Crippen LogP contribution < -0.4 is 5.32 Å². The first-order chi connectivity index (χ1) is 5.88. The fraction of sp³-hybridized carbons (Fsp3) is 0.625. The van der Waals surface area contributed by atoms with Gasteiger partial charge in [-0.25, -0.2) is 4.98 Å². The highest BCUT2D eigenvalue weighted by Gasteiger charge is 2.28. The van der Waals surface area contributed by atoms with Crippen molar-refractivity contribution in [3.05, 3.63) is 11.6 Å². The predicted octanol–water partition coefficient (Wildman–Crippen LogP) is 1.33. The molecule has 0 amide bonds. The third-order valence-corrected chi connectivity index (χ3v) is 2.96. The first kappa shape index (κ1) is 8.01. The van der Waals surface area contributed by atoms with Gasteiger partial charge in [-0.2, -0.15) is 0 Å². The lowest BCUT2D eigenvalue weighted by molar-refractivity contribution is 0.151. The molecule has 4 heteroatoms. The highest BCUT2D eigenvalue weighted by Crippen LogP contribution is 2.29. The second-order valence-electron chi connectivity index (χ2n) is 3.20. The Morgan fingerprint density at radius 2 is 2.50 bits per heavy atom. The van der Waals surface area contributed by atoms with E-state index in [-0.39, 0.29) is 0 Å². The van der Waals surface area contributed by atoms with Crippen LogP contribution in [0, 0.1) is 5.92 Å². The number of aliphatic hydroxyl groups excluding tert-OH is 1. The summed E-state index contributed by atoms with van der Waals surface area (Å²) in [5.41, 5.74) is 0. The molecule has 0 spiro atoms. The van der Waals surface area contributed by atoms with Crippen LogP contribution in [-0.4, -0.2) is 22.7 Å². The molecule has 12 heavy (non-hydrogen) atoms. The maximum Gasteiger partial charge on any atom is 0.182 e. The molecule has 0 aromatic carbocycles. The lowest BCUT2D eigenvalue weighted by Crippen LogP contribution is -2.37. The molecule has 0 radical (unpaired) electrons. The van der Waals surface area contributed by atoms with E-state index < -0.39 is 0 Å². The van der Waals surface area contributed by atoms with Crippen LogP contribution in [0.3, 0.4) is 0 Å². The van der Waals surface area contributed by atoms with Crippen molar-refractivity contribution in [3.63, 3.8) is 0 Å². The van der Waals surface area contributed by atoms with Crippen LogP contribution in [0.5, 0.6) is 0 Å². The van der Waals surface area contributed by atoms with Gasteiger partial charge in [0.2, 0.25) is 0 Å². The minimum atomic E-state index is 0.329. The summed E-state index contributed by atoms with van der Waals surface area (Å²) < 4.78 is 0. The minimum Gasteiger partial charge on any atom is -0.396 e. The summed E-state index contributed by atoms with van der Waals surface area (Å²) in [5, 5.41) is 15.1. The maximum atomic E-state index is 8.79. The van der Waals surface area contributed by atoms with Crippen molar-refractivity contribution in [1.29, 1.82) is 0 Å². The van der Waals surface area contributed by atoms with Crippen LogP contribution in [0.15, 0.2) is 11.6 Å². The van der Waals surface area contributed by atoms with Gasteiger partial charge < -0.3 is 10.4 Å². The fourth-order valence-electron chi connectivity index (χ4n) is 1.47. The van der Waals surface area contributed by atoms with Crippen LogP contribution in [-0.2, 0) is 0 Å². The van der Waals surface area contributed by atoms with Crippen LogP contribution in [0.4, 0.5) is 5.13 Å². The standard InChI is InChI=1S/C8H12N2OS/c11-5-6-3-7(4-6)10-8-9-1-2-12-8/h1-2,6-7,11H,3-5H2,(H,9,10). The van der Waals surface area contributed by atoms with E-state index in [1.807, 2.05) is 5.38 Å². The Bertz CT molecular complexity index is 231. The van der Waals surface area contributed by atoms with E-state index >= 15 is 0 Å². The van der Waals surface area contributed by atoms with Gasteiger partial charge in [0.15, 0.2) is 5.13 Å². The predicted molar refractivity (Wildman–Crippen MR) is 49.3 cm³/mol. The minimum absolute atomic E-state index is 0.329. The zero-order valence-electron chi connectivity index (χ0n) is 6.73. The number of nitrogens with one attached hydrogen (secondary N) is 1. The normalized spacial score (nSPS) is 28.1. The van der Waals surface area contributed by atoms with Crippen LogP contribution >= 0.6 is 11.3 Å². The molecule has 1 heterocycles. The van der Waals surface area contributed by atoms with Gasteiger partial charge in [0.05, 0.1) is 0 Å². The zero-order chi connectivity index (χ0) is 8.39. The van der Waals surface area contributed by atoms with Gasteiger partial charge in [0, 0.05) is 24.2 Å². The van der Waals surface area contributed by atoms with E-state index in [0.717, 1.165) is 18.0 Å². The second-order valence-corrected chi connectivity index (χ2v) is 4.09. The first-order valence-corrected chi connectivity index (χ1v) is 5.03. The number of nitrogens with zero attached hydrogens (tertiary/aromatic N) is 1. The quantitative estimate of drug-likeness (QED) is 0.744. The van der Waals surface area contributed by atoms with Crippen molar-refractivity contribution in [2.45, 2.75) is 18.9 Å². The molecule has 2 N–H and O–H groups in total. The van der Waals surface area contributed by atoms with Gasteiger partial charge >= 0.3 is 0 Å². The first-order valence-electron chi connectivity index (χ1n) is 4.15. The average Bonchev–Trinajstić information content (AvgIpc) is 2.47. The molecule has 1 aliphatic carbocycles. The van der Waals surface area contributed by atoms with Gasteiger partial charge in [-0.3, -0.25) is 0 Å². The number of aromatic nitrogens is 1. The average molecular weight is 184 g/mol. The molecule has 1 aliphatic rings. The maximum absolute atomic E-state index is 8.79. The number of hydrogen-bond donors (Lipinski definition) is 2. The zero-order valence-corrected chi connectivity index (χ0v) is 7.55. The molecule has 2 rings (SSSR count). The van der Waals surface area contributed by atoms with E-state index in [1.54, 1.807) is 17.5 Å². The summed E-state index contributed by atoms with van der Waals surface area (Å²) in [6.45, 7) is 0.329. The lowest BCUT2D eigenvalue weighted by Gasteiger charge is -2.34. The highest BCUT2D eigenvalue weighted by atomic mass is 32.1. The largest absolute Gasteiger partial charge is 0.396 e. The van der Waals surface area contributed by atoms with Crippen molar-refractivity contribution in [2.75, 3.05) is 11.9 Å². The fourth-order valence-corrected chi connectivity index (χ4v) is 2.08. The smallest absolute Gasteiger partial charge is 0.182 e. The summed E-state index contributed by atoms with van der Waals surface area (Å²) in [6.07, 6.45) is 3.96. The molecular formula is C8H12N2OS. The molecule has 1 saturated carbocycles. The Hall–Kier alpha value is -0.610. The Balaban J connectivity index is 1.77. The molecular weight excluding hydrogens is 172 g/mol. The van der Waals surface area contributed by atoms with Crippen molar-refractivity contribution >= 4 is 16.5 Å². The molecule has 0 aliphatic heterocycles.